The molecule has 1 saturated heterocycles. The normalized spacial score (nSPS) is 27.2. The Morgan fingerprint density at radius 2 is 1.84 bits per heavy atom. The van der Waals surface area contributed by atoms with Crippen molar-refractivity contribution in [2.24, 2.45) is 11.8 Å². The summed E-state index contributed by atoms with van der Waals surface area (Å²) < 4.78 is 51.0. The lowest BCUT2D eigenvalue weighted by Gasteiger charge is -2.47. The molecule has 1 N–H and O–H groups in total. The molecular weight excluding hydrogens is 702 g/mol. The molecule has 3 heterocycles. The Kier molecular flexibility index (Phi) is 11.9. The Hall–Kier alpha value is -2.41. The molecule has 1 aliphatic carbocycles. The largest absolute Gasteiger partial charge is 0.487 e. The van der Waals surface area contributed by atoms with Crippen molar-refractivity contribution in [1.82, 2.24) is 9.03 Å². The van der Waals surface area contributed by atoms with E-state index >= 15 is 0 Å². The van der Waals surface area contributed by atoms with Gasteiger partial charge in [0.2, 0.25) is 0 Å². The molecule has 3 aliphatic heterocycles. The molecule has 0 aromatic heterocycles. The van der Waals surface area contributed by atoms with E-state index in [9.17, 15) is 13.2 Å². The number of ether oxygens (including phenoxy) is 2. The number of hydrogen-bond acceptors (Lipinski definition) is 7. The summed E-state index contributed by atoms with van der Waals surface area (Å²) in [5, 5.41) is 0.765. The Balaban J connectivity index is 1.38. The number of halogens is 1. The van der Waals surface area contributed by atoms with Crippen molar-refractivity contribution in [2.75, 3.05) is 37.7 Å². The van der Waals surface area contributed by atoms with Crippen LogP contribution in [0.25, 0.3) is 0 Å². The second-order valence-corrected chi connectivity index (χ2v) is 23.1. The lowest BCUT2D eigenvalue weighted by atomic mass is 9.70. The van der Waals surface area contributed by atoms with Crippen molar-refractivity contribution in [1.29, 1.82) is 0 Å². The highest BCUT2D eigenvalue weighted by Gasteiger charge is 2.44. The minimum Gasteiger partial charge on any atom is -0.487 e. The number of carbonyl (C=O) groups excluding carboxylic acids is 1. The number of amides is 1. The van der Waals surface area contributed by atoms with Crippen molar-refractivity contribution in [3.63, 3.8) is 0 Å². The molecule has 1 saturated carbocycles. The first-order chi connectivity index (χ1) is 24.2. The first kappa shape index (κ1) is 38.3. The van der Waals surface area contributed by atoms with E-state index in [1.165, 1.54) is 9.87 Å². The predicted octanol–water partition coefficient (Wildman–Crippen LogP) is 7.89. The maximum absolute atomic E-state index is 13.9. The molecule has 280 valence electrons. The topological polar surface area (TPSA) is 97.4 Å². The Morgan fingerprint density at radius 1 is 1.02 bits per heavy atom. The number of carbonyl (C=O) groups is 1. The molecule has 51 heavy (non-hydrogen) atoms. The van der Waals surface area contributed by atoms with Crippen molar-refractivity contribution in [3.05, 3.63) is 70.3 Å². The summed E-state index contributed by atoms with van der Waals surface area (Å²) in [6, 6.07) is 11.3. The molecule has 6 rings (SSSR count). The highest BCUT2D eigenvalue weighted by Crippen LogP contribution is 2.45. The molecule has 4 aliphatic rings. The SMILES string of the molecule is CC(C)(C)[Si](C)(C)OC1/C=C/CCN(C[C@H]2CCCO2)S(=O)(=O)NC(=O)c2ccc3c(c2)N(CCCCc2cc(Cl)ccc2CO3)C[C@@H]2CC[C@@H]12. The zero-order valence-corrected chi connectivity index (χ0v) is 33.5. The van der Waals surface area contributed by atoms with Gasteiger partial charge in [0.25, 0.3) is 5.91 Å². The Morgan fingerprint density at radius 3 is 2.57 bits per heavy atom. The fourth-order valence-electron chi connectivity index (χ4n) is 7.42. The van der Waals surface area contributed by atoms with Crippen LogP contribution in [0.4, 0.5) is 5.69 Å². The maximum atomic E-state index is 13.9. The Bertz CT molecular complexity index is 1690. The Labute approximate surface area is 311 Å². The van der Waals surface area contributed by atoms with Crippen molar-refractivity contribution in [2.45, 2.75) is 109 Å². The number of hydrogen-bond donors (Lipinski definition) is 1. The van der Waals surface area contributed by atoms with Crippen molar-refractivity contribution >= 4 is 41.7 Å². The maximum Gasteiger partial charge on any atom is 0.304 e. The molecule has 2 fully saturated rings. The van der Waals surface area contributed by atoms with Gasteiger partial charge in [-0.05, 0) is 123 Å². The average Bonchev–Trinajstić information content (AvgIpc) is 3.56. The second kappa shape index (κ2) is 15.9. The van der Waals surface area contributed by atoms with Crippen LogP contribution in [0.2, 0.25) is 23.2 Å². The van der Waals surface area contributed by atoms with E-state index in [0.29, 0.717) is 42.2 Å². The number of benzene rings is 2. The first-order valence-electron chi connectivity index (χ1n) is 18.8. The van der Waals surface area contributed by atoms with Crippen molar-refractivity contribution < 1.29 is 27.1 Å². The van der Waals surface area contributed by atoms with Gasteiger partial charge in [-0.2, -0.15) is 12.7 Å². The first-order valence-corrected chi connectivity index (χ1v) is 23.5. The van der Waals surface area contributed by atoms with Gasteiger partial charge in [-0.25, -0.2) is 4.72 Å². The van der Waals surface area contributed by atoms with E-state index in [1.54, 1.807) is 6.07 Å². The van der Waals surface area contributed by atoms with Crippen molar-refractivity contribution in [3.8, 4) is 5.75 Å². The van der Waals surface area contributed by atoms with E-state index in [4.69, 9.17) is 25.5 Å². The van der Waals surface area contributed by atoms with Crippen LogP contribution in [0.1, 0.15) is 87.2 Å². The molecule has 0 radical (unpaired) electrons. The molecule has 9 nitrogen and oxygen atoms in total. The molecule has 2 aromatic rings. The third-order valence-electron chi connectivity index (χ3n) is 11.7. The minimum atomic E-state index is -4.17. The number of nitrogens with one attached hydrogen (secondary N) is 1. The summed E-state index contributed by atoms with van der Waals surface area (Å²) in [5.41, 5.74) is 3.36. The number of fused-ring (bicyclic) bond motifs is 3. The summed E-state index contributed by atoms with van der Waals surface area (Å²) in [6.07, 6.45) is 11.2. The van der Waals surface area contributed by atoms with Gasteiger partial charge < -0.3 is 18.8 Å². The zero-order chi connectivity index (χ0) is 36.4. The third kappa shape index (κ3) is 9.22. The van der Waals surface area contributed by atoms with Crippen LogP contribution in [0, 0.1) is 11.8 Å². The van der Waals surface area contributed by atoms with Gasteiger partial charge in [0.15, 0.2) is 8.32 Å². The fourth-order valence-corrected chi connectivity index (χ4v) is 10.1. The quantitative estimate of drug-likeness (QED) is 0.250. The van der Waals surface area contributed by atoms with E-state index in [2.05, 4.69) is 55.6 Å². The van der Waals surface area contributed by atoms with E-state index in [0.717, 1.165) is 69.3 Å². The standard InChI is InChI=1S/C39H56ClN3O6SSi/c1-39(2,3)51(4,5)49-36-13-7-9-21-43(26-33-12-10-22-47-33)50(45,46)41-38(44)29-16-19-37-35(24-29)42(25-30-15-18-34(30)36)20-8-6-11-28-23-32(40)17-14-31(28)27-48-37/h7,13-14,16-17,19,23-24,30,33-34,36H,6,8-12,15,18,20-22,25-27H2,1-5H3,(H,41,44)/b13-7+/t30-,33+,34+,36?/m0/s1. The van der Waals surface area contributed by atoms with E-state index in [-0.39, 0.29) is 35.9 Å². The number of aryl methyl sites for hydroxylation is 1. The highest BCUT2D eigenvalue weighted by molar-refractivity contribution is 7.87. The van der Waals surface area contributed by atoms with Gasteiger partial charge in [-0.3, -0.25) is 4.79 Å². The summed E-state index contributed by atoms with van der Waals surface area (Å²) >= 11 is 6.39. The van der Waals surface area contributed by atoms with Crippen LogP contribution >= 0.6 is 11.6 Å². The van der Waals surface area contributed by atoms with Gasteiger partial charge in [0, 0.05) is 43.4 Å². The van der Waals surface area contributed by atoms with E-state index in [1.807, 2.05) is 30.3 Å². The van der Waals surface area contributed by atoms with Crippen LogP contribution in [-0.2, 0) is 32.4 Å². The van der Waals surface area contributed by atoms with Gasteiger partial charge in [0.1, 0.15) is 12.4 Å². The van der Waals surface area contributed by atoms with Gasteiger partial charge in [-0.1, -0.05) is 50.6 Å². The second-order valence-electron chi connectivity index (χ2n) is 16.3. The summed E-state index contributed by atoms with van der Waals surface area (Å²) in [7, 11) is -6.29. The number of rotatable bonds is 4. The summed E-state index contributed by atoms with van der Waals surface area (Å²) in [5.74, 6) is 0.732. The van der Waals surface area contributed by atoms with Crippen LogP contribution in [-0.4, -0.2) is 71.9 Å². The molecule has 4 atom stereocenters. The third-order valence-corrected chi connectivity index (χ3v) is 17.9. The minimum absolute atomic E-state index is 0.0481. The van der Waals surface area contributed by atoms with Gasteiger partial charge in [0.05, 0.1) is 17.9 Å². The molecule has 1 amide bonds. The molecule has 2 bridgehead atoms. The van der Waals surface area contributed by atoms with Crippen LogP contribution in [0.3, 0.4) is 0 Å². The summed E-state index contributed by atoms with van der Waals surface area (Å²) in [4.78, 5) is 16.1. The monoisotopic (exact) mass is 757 g/mol. The molecule has 0 spiro atoms. The summed E-state index contributed by atoms with van der Waals surface area (Å²) in [6.45, 7) is 14.4. The highest BCUT2D eigenvalue weighted by atomic mass is 35.5. The number of anilines is 1. The lowest BCUT2D eigenvalue weighted by Crippen LogP contribution is -2.50. The molecule has 2 aromatic carbocycles. The number of nitrogens with zero attached hydrogens (tertiary/aromatic N) is 2. The molecule has 1 unspecified atom stereocenters. The van der Waals surface area contributed by atoms with Crippen LogP contribution < -0.4 is 14.4 Å². The van der Waals surface area contributed by atoms with Gasteiger partial charge in [-0.15, -0.1) is 0 Å². The van der Waals surface area contributed by atoms with Gasteiger partial charge >= 0.3 is 10.2 Å². The van der Waals surface area contributed by atoms with E-state index < -0.39 is 24.4 Å². The molecular formula is C39H56ClN3O6SSi. The smallest absolute Gasteiger partial charge is 0.304 e. The molecule has 12 heteroatoms. The van der Waals surface area contributed by atoms with Crippen LogP contribution in [0.5, 0.6) is 5.75 Å². The predicted molar refractivity (Wildman–Crippen MR) is 206 cm³/mol. The van der Waals surface area contributed by atoms with Crippen LogP contribution in [0.15, 0.2) is 48.6 Å². The average molecular weight is 758 g/mol. The zero-order valence-electron chi connectivity index (χ0n) is 31.0. The lowest BCUT2D eigenvalue weighted by molar-refractivity contribution is 0.0530. The fraction of sp³-hybridized carbons (Fsp3) is 0.615.